The van der Waals surface area contributed by atoms with E-state index in [0.29, 0.717) is 24.2 Å². The highest BCUT2D eigenvalue weighted by Crippen LogP contribution is 2.30. The summed E-state index contributed by atoms with van der Waals surface area (Å²) in [6.45, 7) is 4.32. The Morgan fingerprint density at radius 2 is 2.35 bits per heavy atom. The van der Waals surface area contributed by atoms with Crippen molar-refractivity contribution in [2.45, 2.75) is 6.42 Å². The van der Waals surface area contributed by atoms with E-state index < -0.39 is 0 Å². The Labute approximate surface area is 108 Å². The first kappa shape index (κ1) is 11.9. The fourth-order valence-corrected chi connectivity index (χ4v) is 2.30. The highest BCUT2D eigenvalue weighted by Gasteiger charge is 2.30. The van der Waals surface area contributed by atoms with E-state index in [1.54, 1.807) is 23.1 Å². The summed E-state index contributed by atoms with van der Waals surface area (Å²) in [4.78, 5) is 13.5. The third-order valence-corrected chi connectivity index (χ3v) is 3.35. The average Bonchev–Trinajstić information content (AvgIpc) is 2.70. The summed E-state index contributed by atoms with van der Waals surface area (Å²) in [6.07, 6.45) is 2.27. The number of benzene rings is 1. The topological polar surface area (TPSA) is 44.1 Å². The zero-order valence-corrected chi connectivity index (χ0v) is 10.8. The molecule has 0 aliphatic carbocycles. The highest BCUT2D eigenvalue weighted by molar-refractivity contribution is 9.10. The largest absolute Gasteiger partial charge is 0.310 e. The first-order valence-electron chi connectivity index (χ1n) is 5.28. The van der Waals surface area contributed by atoms with Crippen LogP contribution in [0.3, 0.4) is 0 Å². The second kappa shape index (κ2) is 4.72. The Morgan fingerprint density at radius 3 is 2.94 bits per heavy atom. The van der Waals surface area contributed by atoms with Crippen molar-refractivity contribution >= 4 is 27.5 Å². The summed E-state index contributed by atoms with van der Waals surface area (Å²) < 4.78 is 0.862. The van der Waals surface area contributed by atoms with Crippen molar-refractivity contribution in [2.75, 3.05) is 11.4 Å². The molecule has 0 aromatic heterocycles. The van der Waals surface area contributed by atoms with Gasteiger partial charge in [0, 0.05) is 23.4 Å². The van der Waals surface area contributed by atoms with E-state index in [1.807, 2.05) is 6.07 Å². The number of carbonyl (C=O) groups excluding carboxylic acids is 1. The molecule has 1 saturated heterocycles. The molecule has 1 aliphatic heterocycles. The molecule has 1 unspecified atom stereocenters. The van der Waals surface area contributed by atoms with Crippen LogP contribution >= 0.6 is 15.9 Å². The first-order valence-corrected chi connectivity index (χ1v) is 6.07. The van der Waals surface area contributed by atoms with E-state index in [4.69, 9.17) is 5.26 Å². The van der Waals surface area contributed by atoms with E-state index >= 15 is 0 Å². The second-order valence-electron chi connectivity index (χ2n) is 3.98. The molecule has 1 aromatic rings. The van der Waals surface area contributed by atoms with Crippen molar-refractivity contribution in [2.24, 2.45) is 5.92 Å². The molecule has 1 heterocycles. The standard InChI is InChI=1S/C13H11BrN2O/c1-2-9-5-13(17)16(8-9)12-6-11(14)4-3-10(12)7-15/h2-4,6,9H,1,5,8H2. The molecule has 1 atom stereocenters. The van der Waals surface area contributed by atoms with E-state index in [2.05, 4.69) is 28.6 Å². The quantitative estimate of drug-likeness (QED) is 0.786. The van der Waals surface area contributed by atoms with Crippen molar-refractivity contribution in [1.29, 1.82) is 5.26 Å². The van der Waals surface area contributed by atoms with Crippen LogP contribution in [0.1, 0.15) is 12.0 Å². The summed E-state index contributed by atoms with van der Waals surface area (Å²) >= 11 is 3.36. The molecule has 17 heavy (non-hydrogen) atoms. The number of halogens is 1. The SMILES string of the molecule is C=CC1CC(=O)N(c2cc(Br)ccc2C#N)C1. The molecular weight excluding hydrogens is 280 g/mol. The lowest BCUT2D eigenvalue weighted by Crippen LogP contribution is -2.25. The Morgan fingerprint density at radius 1 is 1.59 bits per heavy atom. The smallest absolute Gasteiger partial charge is 0.227 e. The minimum Gasteiger partial charge on any atom is -0.310 e. The van der Waals surface area contributed by atoms with Gasteiger partial charge in [0.25, 0.3) is 0 Å². The average molecular weight is 291 g/mol. The van der Waals surface area contributed by atoms with Crippen LogP contribution in [-0.4, -0.2) is 12.5 Å². The predicted octanol–water partition coefficient (Wildman–Crippen LogP) is 2.86. The number of hydrogen-bond donors (Lipinski definition) is 0. The molecule has 0 N–H and O–H groups in total. The number of anilines is 1. The van der Waals surface area contributed by atoms with Gasteiger partial charge in [0.2, 0.25) is 5.91 Å². The van der Waals surface area contributed by atoms with Crippen molar-refractivity contribution in [3.8, 4) is 6.07 Å². The van der Waals surface area contributed by atoms with Crippen molar-refractivity contribution in [1.82, 2.24) is 0 Å². The molecule has 1 aliphatic rings. The summed E-state index contributed by atoms with van der Waals surface area (Å²) in [5.74, 6) is 0.220. The normalized spacial score (nSPS) is 19.2. The van der Waals surface area contributed by atoms with E-state index in [1.165, 1.54) is 0 Å². The highest BCUT2D eigenvalue weighted by atomic mass is 79.9. The van der Waals surface area contributed by atoms with Crippen LogP contribution in [-0.2, 0) is 4.79 Å². The summed E-state index contributed by atoms with van der Waals surface area (Å²) in [6, 6.07) is 7.44. The van der Waals surface area contributed by atoms with Gasteiger partial charge in [0.1, 0.15) is 6.07 Å². The van der Waals surface area contributed by atoms with Crippen LogP contribution < -0.4 is 4.90 Å². The molecule has 1 aromatic carbocycles. The van der Waals surface area contributed by atoms with Gasteiger partial charge in [0.05, 0.1) is 11.3 Å². The van der Waals surface area contributed by atoms with Gasteiger partial charge in [0.15, 0.2) is 0 Å². The maximum Gasteiger partial charge on any atom is 0.227 e. The Hall–Kier alpha value is -1.60. The molecule has 1 fully saturated rings. The molecular formula is C13H11BrN2O. The summed E-state index contributed by atoms with van der Waals surface area (Å²) in [5.41, 5.74) is 1.20. The van der Waals surface area contributed by atoms with Gasteiger partial charge in [-0.2, -0.15) is 5.26 Å². The zero-order valence-electron chi connectivity index (χ0n) is 9.19. The Bertz CT molecular complexity index is 519. The lowest BCUT2D eigenvalue weighted by Gasteiger charge is -2.17. The van der Waals surface area contributed by atoms with Crippen molar-refractivity contribution in [3.63, 3.8) is 0 Å². The van der Waals surface area contributed by atoms with Crippen LogP contribution in [0.5, 0.6) is 0 Å². The number of nitrogens with zero attached hydrogens (tertiary/aromatic N) is 2. The Kier molecular flexibility index (Phi) is 3.30. The molecule has 0 radical (unpaired) electrons. The molecule has 1 amide bonds. The Balaban J connectivity index is 2.41. The van der Waals surface area contributed by atoms with Crippen LogP contribution in [0.2, 0.25) is 0 Å². The van der Waals surface area contributed by atoms with Crippen LogP contribution in [0.4, 0.5) is 5.69 Å². The van der Waals surface area contributed by atoms with Gasteiger partial charge in [-0.05, 0) is 18.2 Å². The number of carbonyl (C=O) groups is 1. The van der Waals surface area contributed by atoms with Crippen LogP contribution in [0.15, 0.2) is 35.3 Å². The van der Waals surface area contributed by atoms with Gasteiger partial charge in [-0.3, -0.25) is 4.79 Å². The third kappa shape index (κ3) is 2.25. The number of amides is 1. The van der Waals surface area contributed by atoms with E-state index in [9.17, 15) is 4.79 Å². The fraction of sp³-hybridized carbons (Fsp3) is 0.231. The van der Waals surface area contributed by atoms with E-state index in [-0.39, 0.29) is 11.8 Å². The maximum atomic E-state index is 11.9. The lowest BCUT2D eigenvalue weighted by atomic mass is 10.1. The van der Waals surface area contributed by atoms with Gasteiger partial charge in [-0.1, -0.05) is 22.0 Å². The molecule has 3 nitrogen and oxygen atoms in total. The maximum absolute atomic E-state index is 11.9. The van der Waals surface area contributed by atoms with E-state index in [0.717, 1.165) is 4.47 Å². The molecule has 0 saturated carbocycles. The van der Waals surface area contributed by atoms with Gasteiger partial charge < -0.3 is 4.90 Å². The minimum absolute atomic E-state index is 0.0458. The van der Waals surface area contributed by atoms with Crippen LogP contribution in [0.25, 0.3) is 0 Å². The first-order chi connectivity index (χ1) is 8.15. The monoisotopic (exact) mass is 290 g/mol. The number of rotatable bonds is 2. The zero-order chi connectivity index (χ0) is 12.4. The van der Waals surface area contributed by atoms with Gasteiger partial charge in [-0.25, -0.2) is 0 Å². The number of hydrogen-bond acceptors (Lipinski definition) is 2. The molecule has 4 heteroatoms. The minimum atomic E-state index is 0.0458. The number of nitriles is 1. The predicted molar refractivity (Wildman–Crippen MR) is 69.5 cm³/mol. The second-order valence-corrected chi connectivity index (χ2v) is 4.89. The van der Waals surface area contributed by atoms with Gasteiger partial charge in [-0.15, -0.1) is 6.58 Å². The summed E-state index contributed by atoms with van der Waals surface area (Å²) in [7, 11) is 0. The molecule has 2 rings (SSSR count). The van der Waals surface area contributed by atoms with Crippen molar-refractivity contribution in [3.05, 3.63) is 40.9 Å². The summed E-state index contributed by atoms with van der Waals surface area (Å²) in [5, 5.41) is 9.06. The van der Waals surface area contributed by atoms with Crippen molar-refractivity contribution < 1.29 is 4.79 Å². The molecule has 86 valence electrons. The lowest BCUT2D eigenvalue weighted by molar-refractivity contribution is -0.117. The third-order valence-electron chi connectivity index (χ3n) is 2.86. The van der Waals surface area contributed by atoms with Crippen LogP contribution in [0, 0.1) is 17.2 Å². The molecule has 0 bridgehead atoms. The van der Waals surface area contributed by atoms with Gasteiger partial charge >= 0.3 is 0 Å². The fourth-order valence-electron chi connectivity index (χ4n) is 1.95. The molecule has 0 spiro atoms.